The van der Waals surface area contributed by atoms with E-state index in [9.17, 15) is 4.39 Å². The van der Waals surface area contributed by atoms with Gasteiger partial charge in [-0.25, -0.2) is 4.39 Å². The number of hydrogen-bond acceptors (Lipinski definition) is 1. The number of hydrogen-bond donors (Lipinski definition) is 1. The first kappa shape index (κ1) is 12.4. The van der Waals surface area contributed by atoms with Crippen molar-refractivity contribution in [3.8, 4) is 0 Å². The van der Waals surface area contributed by atoms with Gasteiger partial charge in [-0.05, 0) is 35.9 Å². The molecule has 2 aromatic rings. The van der Waals surface area contributed by atoms with Crippen LogP contribution in [-0.2, 0) is 6.54 Å². The third-order valence-electron chi connectivity index (χ3n) is 2.32. The third-order valence-corrected chi connectivity index (χ3v) is 3.17. The second kappa shape index (κ2) is 5.52. The first-order valence-electron chi connectivity index (χ1n) is 5.08. The van der Waals surface area contributed by atoms with Gasteiger partial charge >= 0.3 is 0 Å². The molecule has 0 unspecified atom stereocenters. The maximum absolute atomic E-state index is 12.9. The van der Waals surface area contributed by atoms with Gasteiger partial charge in [0.15, 0.2) is 0 Å². The van der Waals surface area contributed by atoms with Gasteiger partial charge in [0.05, 0.1) is 0 Å². The SMILES string of the molecule is Fc1ccc(CNc2cccc(Br)c2)c(Cl)c1. The maximum atomic E-state index is 12.9. The summed E-state index contributed by atoms with van der Waals surface area (Å²) >= 11 is 9.33. The number of rotatable bonds is 3. The molecular formula is C13H10BrClFN. The molecule has 0 amide bonds. The highest BCUT2D eigenvalue weighted by molar-refractivity contribution is 9.10. The first-order valence-corrected chi connectivity index (χ1v) is 6.25. The van der Waals surface area contributed by atoms with E-state index in [-0.39, 0.29) is 5.82 Å². The molecule has 17 heavy (non-hydrogen) atoms. The summed E-state index contributed by atoms with van der Waals surface area (Å²) in [4.78, 5) is 0. The molecule has 0 fully saturated rings. The second-order valence-electron chi connectivity index (χ2n) is 3.60. The van der Waals surface area contributed by atoms with E-state index in [2.05, 4.69) is 21.2 Å². The standard InChI is InChI=1S/C13H10BrClFN/c14-10-2-1-3-12(6-10)17-8-9-4-5-11(16)7-13(9)15/h1-7,17H,8H2. The van der Waals surface area contributed by atoms with E-state index in [1.54, 1.807) is 6.07 Å². The molecule has 4 heteroatoms. The molecule has 88 valence electrons. The van der Waals surface area contributed by atoms with Crippen LogP contribution in [0.25, 0.3) is 0 Å². The molecule has 0 heterocycles. The van der Waals surface area contributed by atoms with Crippen LogP contribution in [-0.4, -0.2) is 0 Å². The summed E-state index contributed by atoms with van der Waals surface area (Å²) in [5.74, 6) is -0.318. The Morgan fingerprint density at radius 1 is 1.18 bits per heavy atom. The zero-order valence-electron chi connectivity index (χ0n) is 8.88. The van der Waals surface area contributed by atoms with Crippen LogP contribution in [0.2, 0.25) is 5.02 Å². The van der Waals surface area contributed by atoms with Crippen LogP contribution in [0.1, 0.15) is 5.56 Å². The summed E-state index contributed by atoms with van der Waals surface area (Å²) in [7, 11) is 0. The lowest BCUT2D eigenvalue weighted by Gasteiger charge is -2.08. The highest BCUT2D eigenvalue weighted by Gasteiger charge is 2.02. The van der Waals surface area contributed by atoms with Gasteiger partial charge < -0.3 is 5.32 Å². The van der Waals surface area contributed by atoms with Gasteiger partial charge in [-0.15, -0.1) is 0 Å². The third kappa shape index (κ3) is 3.45. The van der Waals surface area contributed by atoms with Crippen molar-refractivity contribution in [1.29, 1.82) is 0 Å². The number of nitrogens with one attached hydrogen (secondary N) is 1. The predicted molar refractivity (Wildman–Crippen MR) is 72.9 cm³/mol. The number of benzene rings is 2. The fourth-order valence-electron chi connectivity index (χ4n) is 1.46. The van der Waals surface area contributed by atoms with Crippen molar-refractivity contribution in [1.82, 2.24) is 0 Å². The molecular weight excluding hydrogens is 305 g/mol. The summed E-state index contributed by atoms with van der Waals surface area (Å²) < 4.78 is 13.9. The van der Waals surface area contributed by atoms with Crippen molar-refractivity contribution in [2.45, 2.75) is 6.54 Å². The Bertz CT molecular complexity index is 531. The molecule has 0 aliphatic rings. The van der Waals surface area contributed by atoms with Gasteiger partial charge in [0.25, 0.3) is 0 Å². The Kier molecular flexibility index (Phi) is 4.02. The summed E-state index contributed by atoms with van der Waals surface area (Å²) in [6.45, 7) is 0.565. The highest BCUT2D eigenvalue weighted by atomic mass is 79.9. The Morgan fingerprint density at radius 2 is 2.00 bits per heavy atom. The molecule has 0 saturated carbocycles. The lowest BCUT2D eigenvalue weighted by Crippen LogP contribution is -2.00. The molecule has 0 bridgehead atoms. The predicted octanol–water partition coefficient (Wildman–Crippen LogP) is 4.85. The van der Waals surface area contributed by atoms with E-state index in [0.29, 0.717) is 11.6 Å². The Balaban J connectivity index is 2.07. The zero-order valence-corrected chi connectivity index (χ0v) is 11.2. The maximum Gasteiger partial charge on any atom is 0.124 e. The summed E-state index contributed by atoms with van der Waals surface area (Å²) in [6, 6.07) is 12.2. The fourth-order valence-corrected chi connectivity index (χ4v) is 2.09. The van der Waals surface area contributed by atoms with Crippen LogP contribution < -0.4 is 5.32 Å². The summed E-state index contributed by atoms with van der Waals surface area (Å²) in [6.07, 6.45) is 0. The van der Waals surface area contributed by atoms with Gasteiger partial charge in [0, 0.05) is 21.7 Å². The topological polar surface area (TPSA) is 12.0 Å². The highest BCUT2D eigenvalue weighted by Crippen LogP contribution is 2.20. The lowest BCUT2D eigenvalue weighted by molar-refractivity contribution is 0.627. The number of halogens is 3. The van der Waals surface area contributed by atoms with Crippen LogP contribution >= 0.6 is 27.5 Å². The van der Waals surface area contributed by atoms with Gasteiger partial charge in [0.1, 0.15) is 5.82 Å². The van der Waals surface area contributed by atoms with Crippen LogP contribution in [0.4, 0.5) is 10.1 Å². The Labute approximate surface area is 113 Å². The smallest absolute Gasteiger partial charge is 0.124 e. The van der Waals surface area contributed by atoms with E-state index in [1.807, 2.05) is 24.3 Å². The van der Waals surface area contributed by atoms with Crippen molar-refractivity contribution < 1.29 is 4.39 Å². The second-order valence-corrected chi connectivity index (χ2v) is 4.92. The van der Waals surface area contributed by atoms with E-state index in [1.165, 1.54) is 12.1 Å². The van der Waals surface area contributed by atoms with Crippen LogP contribution in [0, 0.1) is 5.82 Å². The minimum atomic E-state index is -0.318. The average Bonchev–Trinajstić information content (AvgIpc) is 2.28. The molecule has 2 aromatic carbocycles. The van der Waals surface area contributed by atoms with E-state index >= 15 is 0 Å². The van der Waals surface area contributed by atoms with Gasteiger partial charge in [-0.2, -0.15) is 0 Å². The quantitative estimate of drug-likeness (QED) is 0.853. The Hall–Kier alpha value is -1.06. The molecule has 0 saturated heterocycles. The first-order chi connectivity index (χ1) is 8.15. The molecule has 1 N–H and O–H groups in total. The monoisotopic (exact) mass is 313 g/mol. The Morgan fingerprint density at radius 3 is 2.71 bits per heavy atom. The molecule has 0 aliphatic carbocycles. The minimum absolute atomic E-state index is 0.318. The largest absolute Gasteiger partial charge is 0.381 e. The van der Waals surface area contributed by atoms with Gasteiger partial charge in [-0.3, -0.25) is 0 Å². The molecule has 0 aromatic heterocycles. The van der Waals surface area contributed by atoms with Crippen LogP contribution in [0.15, 0.2) is 46.9 Å². The van der Waals surface area contributed by atoms with Crippen LogP contribution in [0.3, 0.4) is 0 Å². The van der Waals surface area contributed by atoms with Crippen molar-refractivity contribution in [2.24, 2.45) is 0 Å². The van der Waals surface area contributed by atoms with E-state index in [4.69, 9.17) is 11.6 Å². The van der Waals surface area contributed by atoms with Crippen molar-refractivity contribution in [3.05, 3.63) is 63.3 Å². The number of anilines is 1. The van der Waals surface area contributed by atoms with E-state index in [0.717, 1.165) is 15.7 Å². The summed E-state index contributed by atoms with van der Waals surface area (Å²) in [5, 5.41) is 3.66. The fraction of sp³-hybridized carbons (Fsp3) is 0.0769. The van der Waals surface area contributed by atoms with Crippen molar-refractivity contribution in [2.75, 3.05) is 5.32 Å². The average molecular weight is 315 g/mol. The van der Waals surface area contributed by atoms with Gasteiger partial charge in [0.2, 0.25) is 0 Å². The molecule has 2 rings (SSSR count). The molecule has 0 spiro atoms. The summed E-state index contributed by atoms with van der Waals surface area (Å²) in [5.41, 5.74) is 1.85. The van der Waals surface area contributed by atoms with E-state index < -0.39 is 0 Å². The molecule has 0 atom stereocenters. The molecule has 0 radical (unpaired) electrons. The normalized spacial score (nSPS) is 10.3. The zero-order chi connectivity index (χ0) is 12.3. The van der Waals surface area contributed by atoms with Crippen molar-refractivity contribution in [3.63, 3.8) is 0 Å². The molecule has 0 aliphatic heterocycles. The van der Waals surface area contributed by atoms with Gasteiger partial charge in [-0.1, -0.05) is 39.7 Å². The van der Waals surface area contributed by atoms with Crippen molar-refractivity contribution >= 4 is 33.2 Å². The van der Waals surface area contributed by atoms with Crippen LogP contribution in [0.5, 0.6) is 0 Å². The molecule has 1 nitrogen and oxygen atoms in total. The minimum Gasteiger partial charge on any atom is -0.381 e. The lowest BCUT2D eigenvalue weighted by atomic mass is 10.2.